The van der Waals surface area contributed by atoms with Crippen molar-refractivity contribution in [2.24, 2.45) is 0 Å². The monoisotopic (exact) mass is 378 g/mol. The molecule has 0 bridgehead atoms. The van der Waals surface area contributed by atoms with E-state index in [1.54, 1.807) is 33.5 Å². The number of halogens is 1. The summed E-state index contributed by atoms with van der Waals surface area (Å²) < 4.78 is 30.0. The highest BCUT2D eigenvalue weighted by Gasteiger charge is 2.32. The first-order chi connectivity index (χ1) is 12.4. The van der Waals surface area contributed by atoms with Crippen LogP contribution in [0, 0.1) is 5.82 Å². The van der Waals surface area contributed by atoms with E-state index in [0.717, 1.165) is 17.3 Å². The van der Waals surface area contributed by atoms with Gasteiger partial charge < -0.3 is 14.2 Å². The van der Waals surface area contributed by atoms with Crippen LogP contribution in [-0.2, 0) is 5.16 Å². The van der Waals surface area contributed by atoms with Gasteiger partial charge in [-0.05, 0) is 29.9 Å². The van der Waals surface area contributed by atoms with Crippen LogP contribution in [0.5, 0.6) is 17.2 Å². The van der Waals surface area contributed by atoms with Crippen LogP contribution in [0.25, 0.3) is 0 Å². The Balaban J connectivity index is 2.60. The van der Waals surface area contributed by atoms with E-state index in [4.69, 9.17) is 14.2 Å². The number of hydrogen-bond donors (Lipinski definition) is 0. The third kappa shape index (κ3) is 3.99. The van der Waals surface area contributed by atoms with Gasteiger partial charge in [0.1, 0.15) is 11.6 Å². The summed E-state index contributed by atoms with van der Waals surface area (Å²) >= 11 is 0. The van der Waals surface area contributed by atoms with Gasteiger partial charge in [0.15, 0.2) is 17.8 Å². The lowest BCUT2D eigenvalue weighted by Gasteiger charge is -2.32. The molecule has 4 nitrogen and oxygen atoms in total. The van der Waals surface area contributed by atoms with E-state index in [1.807, 2.05) is 6.07 Å². The molecule has 6 heteroatoms. The van der Waals surface area contributed by atoms with Gasteiger partial charge in [0.25, 0.3) is 0 Å². The zero-order valence-electron chi connectivity index (χ0n) is 15.7. The average molecular weight is 378 g/mol. The Morgan fingerprint density at radius 1 is 1.12 bits per heavy atom. The van der Waals surface area contributed by atoms with Crippen molar-refractivity contribution in [2.45, 2.75) is 25.4 Å². The minimum Gasteiger partial charge on any atom is -0.497 e. The summed E-state index contributed by atoms with van der Waals surface area (Å²) in [4.78, 5) is 11.4. The molecule has 0 aliphatic rings. The van der Waals surface area contributed by atoms with Crippen molar-refractivity contribution in [2.75, 3.05) is 21.3 Å². The Hall–Kier alpha value is -2.13. The van der Waals surface area contributed by atoms with E-state index < -0.39 is 5.82 Å². The second kappa shape index (κ2) is 8.50. The quantitative estimate of drug-likeness (QED) is 0.508. The maximum Gasteiger partial charge on any atom is 0.165 e. The van der Waals surface area contributed by atoms with Crippen LogP contribution in [-0.4, -0.2) is 27.6 Å². The Kier molecular flexibility index (Phi) is 6.60. The van der Waals surface area contributed by atoms with Gasteiger partial charge in [-0.25, -0.2) is 4.39 Å². The maximum atomic E-state index is 13.5. The molecule has 2 aromatic carbocycles. The van der Waals surface area contributed by atoms with E-state index in [2.05, 4.69) is 13.8 Å². The predicted octanol–water partition coefficient (Wildman–Crippen LogP) is 4.29. The van der Waals surface area contributed by atoms with E-state index in [-0.39, 0.29) is 13.7 Å². The van der Waals surface area contributed by atoms with E-state index in [0.29, 0.717) is 29.1 Å². The molecule has 2 rings (SSSR count). The fraction of sp³-hybridized carbons (Fsp3) is 0.350. The summed E-state index contributed by atoms with van der Waals surface area (Å²) in [5, 5.41) is 0.470. The van der Waals surface area contributed by atoms with Gasteiger partial charge in [-0.15, -0.1) is 0 Å². The molecule has 0 N–H and O–H groups in total. The Morgan fingerprint density at radius 3 is 2.38 bits per heavy atom. The van der Waals surface area contributed by atoms with E-state index >= 15 is 0 Å². The molecule has 140 valence electrons. The molecule has 0 saturated heterocycles. The lowest BCUT2D eigenvalue weighted by atomic mass is 9.95. The molecular weight excluding hydrogens is 354 g/mol. The minimum absolute atomic E-state index is 0.234. The van der Waals surface area contributed by atoms with Crippen LogP contribution in [0.4, 0.5) is 4.39 Å². The molecule has 0 aliphatic heterocycles. The fourth-order valence-corrected chi connectivity index (χ4v) is 4.39. The van der Waals surface area contributed by atoms with Crippen LogP contribution >= 0.6 is 8.58 Å². The zero-order chi connectivity index (χ0) is 19.3. The van der Waals surface area contributed by atoms with Crippen LogP contribution in [0.15, 0.2) is 30.3 Å². The molecule has 0 heterocycles. The topological polar surface area (TPSA) is 44.8 Å². The third-order valence-corrected chi connectivity index (χ3v) is 6.44. The summed E-state index contributed by atoms with van der Waals surface area (Å²) in [7, 11) is 5.01. The zero-order valence-corrected chi connectivity index (χ0v) is 16.7. The van der Waals surface area contributed by atoms with Crippen LogP contribution in [0.1, 0.15) is 36.2 Å². The second-order valence-corrected chi connectivity index (χ2v) is 7.96. The minimum atomic E-state index is -0.417. The standard InChI is InChI=1S/C20H24FO4P/c1-6-20(2,26-18-8-7-14(21)9-13(18)12-22)16-10-15(23-3)11-17(24-4)19(16)25-5/h7-12,26H,6H2,1-5H3. The number of benzene rings is 2. The molecule has 2 atom stereocenters. The van der Waals surface area contributed by atoms with Crippen molar-refractivity contribution in [1.29, 1.82) is 0 Å². The second-order valence-electron chi connectivity index (χ2n) is 6.07. The van der Waals surface area contributed by atoms with E-state index in [9.17, 15) is 9.18 Å². The molecule has 0 spiro atoms. The smallest absolute Gasteiger partial charge is 0.165 e. The van der Waals surface area contributed by atoms with Gasteiger partial charge in [0.2, 0.25) is 0 Å². The molecule has 0 amide bonds. The number of hydrogen-bond acceptors (Lipinski definition) is 4. The molecule has 0 saturated carbocycles. The molecule has 2 aromatic rings. The Bertz CT molecular complexity index is 794. The maximum absolute atomic E-state index is 13.5. The van der Waals surface area contributed by atoms with Crippen molar-refractivity contribution in [3.8, 4) is 17.2 Å². The lowest BCUT2D eigenvalue weighted by molar-refractivity contribution is 0.112. The number of ether oxygens (including phenoxy) is 3. The highest BCUT2D eigenvalue weighted by molar-refractivity contribution is 7.48. The van der Waals surface area contributed by atoms with Crippen LogP contribution in [0.3, 0.4) is 0 Å². The largest absolute Gasteiger partial charge is 0.497 e. The Labute approximate surface area is 155 Å². The fourth-order valence-electron chi connectivity index (χ4n) is 2.86. The van der Waals surface area contributed by atoms with Crippen molar-refractivity contribution < 1.29 is 23.4 Å². The van der Waals surface area contributed by atoms with Crippen molar-refractivity contribution in [3.05, 3.63) is 47.3 Å². The SMILES string of the molecule is CCC(C)(Pc1ccc(F)cc1C=O)c1cc(OC)cc(OC)c1OC. The highest BCUT2D eigenvalue weighted by atomic mass is 31.1. The molecule has 0 fully saturated rings. The van der Waals surface area contributed by atoms with Gasteiger partial charge >= 0.3 is 0 Å². The van der Waals surface area contributed by atoms with E-state index in [1.165, 1.54) is 12.1 Å². The summed E-state index contributed by atoms with van der Waals surface area (Å²) in [6, 6.07) is 8.04. The van der Waals surface area contributed by atoms with Crippen molar-refractivity contribution >= 4 is 20.2 Å². The van der Waals surface area contributed by atoms with Gasteiger partial charge in [0.05, 0.1) is 21.3 Å². The number of rotatable bonds is 8. The summed E-state index contributed by atoms with van der Waals surface area (Å²) in [5.41, 5.74) is 1.30. The third-order valence-electron chi connectivity index (χ3n) is 4.54. The molecule has 0 aliphatic carbocycles. The first kappa shape index (κ1) is 20.2. The highest BCUT2D eigenvalue weighted by Crippen LogP contribution is 2.51. The Morgan fingerprint density at radius 2 is 1.85 bits per heavy atom. The normalized spacial score (nSPS) is 13.5. The van der Waals surface area contributed by atoms with Crippen LogP contribution < -0.4 is 19.5 Å². The lowest BCUT2D eigenvalue weighted by Crippen LogP contribution is -2.21. The number of methoxy groups -OCH3 is 3. The molecule has 0 aromatic heterocycles. The molecule has 0 radical (unpaired) electrons. The summed E-state index contributed by atoms with van der Waals surface area (Å²) in [6.07, 6.45) is 1.48. The summed E-state index contributed by atoms with van der Waals surface area (Å²) in [5.74, 6) is 1.47. The summed E-state index contributed by atoms with van der Waals surface area (Å²) in [6.45, 7) is 4.17. The molecule has 2 unspecified atom stereocenters. The predicted molar refractivity (Wildman–Crippen MR) is 103 cm³/mol. The van der Waals surface area contributed by atoms with Gasteiger partial charge in [-0.3, -0.25) is 4.79 Å². The van der Waals surface area contributed by atoms with Gasteiger partial charge in [-0.1, -0.05) is 28.5 Å². The first-order valence-corrected chi connectivity index (χ1v) is 9.25. The van der Waals surface area contributed by atoms with Gasteiger partial charge in [0, 0.05) is 22.3 Å². The first-order valence-electron chi connectivity index (χ1n) is 8.25. The average Bonchev–Trinajstić information content (AvgIpc) is 2.67. The number of carbonyl (C=O) groups is 1. The van der Waals surface area contributed by atoms with Gasteiger partial charge in [-0.2, -0.15) is 0 Å². The number of carbonyl (C=O) groups excluding carboxylic acids is 1. The molecular formula is C20H24FO4P. The van der Waals surface area contributed by atoms with Crippen molar-refractivity contribution in [1.82, 2.24) is 0 Å². The van der Waals surface area contributed by atoms with Crippen molar-refractivity contribution in [3.63, 3.8) is 0 Å². The van der Waals surface area contributed by atoms with Crippen LogP contribution in [0.2, 0.25) is 0 Å². The number of aldehydes is 1. The molecule has 26 heavy (non-hydrogen) atoms.